The first-order chi connectivity index (χ1) is 14.7. The summed E-state index contributed by atoms with van der Waals surface area (Å²) in [5.74, 6) is -3.64. The molecule has 9 heteroatoms. The predicted octanol–water partition coefficient (Wildman–Crippen LogP) is 4.37. The van der Waals surface area contributed by atoms with E-state index in [0.717, 1.165) is 12.1 Å². The van der Waals surface area contributed by atoms with E-state index in [1.807, 2.05) is 6.07 Å². The maximum absolute atomic E-state index is 15.2. The van der Waals surface area contributed by atoms with Crippen LogP contribution in [0.15, 0.2) is 41.3 Å². The molecule has 1 aliphatic carbocycles. The first kappa shape index (κ1) is 22.0. The van der Waals surface area contributed by atoms with Crippen LogP contribution in [0.1, 0.15) is 31.2 Å². The fraction of sp³-hybridized carbons (Fsp3) is 0.409. The lowest BCUT2D eigenvalue weighted by Crippen LogP contribution is -2.57. The van der Waals surface area contributed by atoms with Gasteiger partial charge in [0.05, 0.1) is 29.2 Å². The quantitative estimate of drug-likeness (QED) is 0.721. The minimum absolute atomic E-state index is 0.0643. The summed E-state index contributed by atoms with van der Waals surface area (Å²) in [5.41, 5.74) is -0.340. The smallest absolute Gasteiger partial charge is 0.188 e. The van der Waals surface area contributed by atoms with Gasteiger partial charge < -0.3 is 9.84 Å². The topological polar surface area (TPSA) is 87.4 Å². The Balaban J connectivity index is 2.01. The van der Waals surface area contributed by atoms with E-state index >= 15 is 4.39 Å². The first-order valence-electron chi connectivity index (χ1n) is 9.90. The van der Waals surface area contributed by atoms with E-state index in [9.17, 15) is 17.9 Å². The zero-order valence-corrected chi connectivity index (χ0v) is 18.0. The summed E-state index contributed by atoms with van der Waals surface area (Å²) in [6.07, 6.45) is -0.615. The Kier molecular flexibility index (Phi) is 5.71. The second-order valence-electron chi connectivity index (χ2n) is 7.96. The average Bonchev–Trinajstić information content (AvgIpc) is 2.75. The Bertz CT molecular complexity index is 1150. The number of nitriles is 1. The molecule has 1 fully saturated rings. The highest BCUT2D eigenvalue weighted by Crippen LogP contribution is 2.58. The number of benzene rings is 2. The number of rotatable bonds is 4. The Morgan fingerprint density at radius 1 is 1.19 bits per heavy atom. The van der Waals surface area contributed by atoms with Crippen LogP contribution in [0.5, 0.6) is 5.75 Å². The number of hydrogen-bond acceptors (Lipinski definition) is 5. The largest absolute Gasteiger partial charge is 0.490 e. The van der Waals surface area contributed by atoms with E-state index in [1.165, 1.54) is 24.3 Å². The SMILES string of the molecule is N#CCCC1C(O)CCC2(S(=O)(=O)c3ccc(Cl)cc3)c3c(F)ccc(F)c3OCC12. The van der Waals surface area contributed by atoms with Gasteiger partial charge in [-0.05, 0) is 61.6 Å². The van der Waals surface area contributed by atoms with Crippen molar-refractivity contribution in [1.29, 1.82) is 5.26 Å². The molecule has 4 atom stereocenters. The monoisotopic (exact) mass is 467 g/mol. The van der Waals surface area contributed by atoms with Gasteiger partial charge in [-0.3, -0.25) is 0 Å². The van der Waals surface area contributed by atoms with E-state index in [-0.39, 0.29) is 42.7 Å². The molecule has 0 radical (unpaired) electrons. The number of aliphatic hydroxyl groups is 1. The molecule has 1 aliphatic heterocycles. The van der Waals surface area contributed by atoms with Gasteiger partial charge in [-0.1, -0.05) is 11.6 Å². The zero-order chi connectivity index (χ0) is 22.4. The standard InChI is InChI=1S/C22H20ClF2NO4S/c23-13-3-5-14(6-4-13)31(28,29)22-10-9-19(27)15(2-1-11-26)16(22)12-30-21-18(25)8-7-17(24)20(21)22/h3-8,15-16,19,27H,1-2,9-10,12H2. The van der Waals surface area contributed by atoms with Crippen LogP contribution in [0, 0.1) is 34.8 Å². The van der Waals surface area contributed by atoms with Crippen LogP contribution in [0.4, 0.5) is 8.78 Å². The van der Waals surface area contributed by atoms with Gasteiger partial charge in [0.2, 0.25) is 0 Å². The maximum atomic E-state index is 15.2. The summed E-state index contributed by atoms with van der Waals surface area (Å²) < 4.78 is 61.7. The number of fused-ring (bicyclic) bond motifs is 3. The maximum Gasteiger partial charge on any atom is 0.188 e. The minimum atomic E-state index is -4.27. The van der Waals surface area contributed by atoms with Crippen LogP contribution in [0.2, 0.25) is 5.02 Å². The lowest BCUT2D eigenvalue weighted by atomic mass is 9.65. The lowest BCUT2D eigenvalue weighted by molar-refractivity contribution is -0.0234. The molecule has 0 amide bonds. The van der Waals surface area contributed by atoms with Crippen molar-refractivity contribution in [1.82, 2.24) is 0 Å². The molecule has 1 heterocycles. The third-order valence-corrected chi connectivity index (χ3v) is 9.32. The van der Waals surface area contributed by atoms with Crippen molar-refractivity contribution in [2.24, 2.45) is 11.8 Å². The van der Waals surface area contributed by atoms with E-state index in [4.69, 9.17) is 21.6 Å². The van der Waals surface area contributed by atoms with Crippen LogP contribution < -0.4 is 4.74 Å². The number of hydrogen-bond donors (Lipinski definition) is 1. The van der Waals surface area contributed by atoms with Crippen molar-refractivity contribution >= 4 is 21.4 Å². The first-order valence-corrected chi connectivity index (χ1v) is 11.8. The molecule has 31 heavy (non-hydrogen) atoms. The third kappa shape index (κ3) is 3.30. The third-order valence-electron chi connectivity index (χ3n) is 6.50. The molecule has 0 bridgehead atoms. The molecular formula is C22H20ClF2NO4S. The van der Waals surface area contributed by atoms with Gasteiger partial charge in [0, 0.05) is 17.4 Å². The Morgan fingerprint density at radius 2 is 1.87 bits per heavy atom. The summed E-state index contributed by atoms with van der Waals surface area (Å²) in [6.45, 7) is -0.215. The molecule has 0 spiro atoms. The summed E-state index contributed by atoms with van der Waals surface area (Å²) in [4.78, 5) is -0.0752. The van der Waals surface area contributed by atoms with Crippen molar-refractivity contribution in [3.63, 3.8) is 0 Å². The van der Waals surface area contributed by atoms with Gasteiger partial charge in [-0.25, -0.2) is 17.2 Å². The highest BCUT2D eigenvalue weighted by atomic mass is 35.5. The Hall–Kier alpha value is -2.21. The van der Waals surface area contributed by atoms with Crippen LogP contribution in [-0.4, -0.2) is 26.2 Å². The van der Waals surface area contributed by atoms with Crippen LogP contribution in [0.3, 0.4) is 0 Å². The number of nitrogens with zero attached hydrogens (tertiary/aromatic N) is 1. The Morgan fingerprint density at radius 3 is 2.55 bits per heavy atom. The number of aliphatic hydroxyl groups excluding tert-OH is 1. The second-order valence-corrected chi connectivity index (χ2v) is 10.6. The minimum Gasteiger partial charge on any atom is -0.490 e. The molecule has 1 saturated carbocycles. The molecule has 4 rings (SSSR count). The van der Waals surface area contributed by atoms with Gasteiger partial charge in [0.25, 0.3) is 0 Å². The summed E-state index contributed by atoms with van der Waals surface area (Å²) in [6, 6.07) is 9.34. The normalized spacial score (nSPS) is 27.5. The highest BCUT2D eigenvalue weighted by molar-refractivity contribution is 7.92. The van der Waals surface area contributed by atoms with Gasteiger partial charge in [-0.15, -0.1) is 0 Å². The van der Waals surface area contributed by atoms with Crippen molar-refractivity contribution < 1.29 is 27.0 Å². The lowest BCUT2D eigenvalue weighted by Gasteiger charge is -2.51. The van der Waals surface area contributed by atoms with Crippen LogP contribution in [-0.2, 0) is 14.6 Å². The van der Waals surface area contributed by atoms with Crippen molar-refractivity contribution in [3.05, 3.63) is 58.6 Å². The number of sulfone groups is 1. The Labute approximate surface area is 184 Å². The van der Waals surface area contributed by atoms with Crippen molar-refractivity contribution in [2.45, 2.75) is 41.4 Å². The summed E-state index contributed by atoms with van der Waals surface area (Å²) >= 11 is 5.92. The molecular weight excluding hydrogens is 448 g/mol. The van der Waals surface area contributed by atoms with Gasteiger partial charge >= 0.3 is 0 Å². The van der Waals surface area contributed by atoms with Gasteiger partial charge in [0.1, 0.15) is 10.6 Å². The van der Waals surface area contributed by atoms with Crippen LogP contribution in [0.25, 0.3) is 0 Å². The average molecular weight is 468 g/mol. The fourth-order valence-corrected chi connectivity index (χ4v) is 7.63. The molecule has 2 aliphatic rings. The molecule has 0 aromatic heterocycles. The second kappa shape index (κ2) is 8.05. The van der Waals surface area contributed by atoms with Crippen LogP contribution >= 0.6 is 11.6 Å². The summed E-state index contributed by atoms with van der Waals surface area (Å²) in [5, 5.41) is 20.0. The predicted molar refractivity (Wildman–Crippen MR) is 109 cm³/mol. The molecule has 1 N–H and O–H groups in total. The van der Waals surface area contributed by atoms with E-state index in [0.29, 0.717) is 5.02 Å². The van der Waals surface area contributed by atoms with E-state index in [2.05, 4.69) is 0 Å². The molecule has 2 aromatic carbocycles. The van der Waals surface area contributed by atoms with Gasteiger partial charge in [0.15, 0.2) is 21.4 Å². The molecule has 4 unspecified atom stereocenters. The fourth-order valence-electron chi connectivity index (χ4n) is 5.10. The zero-order valence-electron chi connectivity index (χ0n) is 16.4. The number of halogens is 3. The van der Waals surface area contributed by atoms with Crippen molar-refractivity contribution in [2.75, 3.05) is 6.61 Å². The van der Waals surface area contributed by atoms with Gasteiger partial charge in [-0.2, -0.15) is 5.26 Å². The molecule has 5 nitrogen and oxygen atoms in total. The summed E-state index contributed by atoms with van der Waals surface area (Å²) in [7, 11) is -4.27. The van der Waals surface area contributed by atoms with Crippen molar-refractivity contribution in [3.8, 4) is 11.8 Å². The number of ether oxygens (including phenoxy) is 1. The molecule has 2 aromatic rings. The molecule has 164 valence electrons. The van der Waals surface area contributed by atoms with E-state index < -0.39 is 49.9 Å². The molecule has 0 saturated heterocycles. The van der Waals surface area contributed by atoms with E-state index in [1.54, 1.807) is 0 Å². The highest BCUT2D eigenvalue weighted by Gasteiger charge is 2.62.